The van der Waals surface area contributed by atoms with Crippen molar-refractivity contribution in [3.63, 3.8) is 0 Å². The fraction of sp³-hybridized carbons (Fsp3) is 0.125. The van der Waals surface area contributed by atoms with E-state index in [1.54, 1.807) is 30.3 Å². The molecule has 2 amide bonds. The Kier molecular flexibility index (Phi) is 4.23. The van der Waals surface area contributed by atoms with E-state index in [0.29, 0.717) is 5.69 Å². The smallest absolute Gasteiger partial charge is 0.256 e. The maximum Gasteiger partial charge on any atom is 0.256 e. The van der Waals surface area contributed by atoms with Crippen molar-refractivity contribution in [1.82, 2.24) is 0 Å². The van der Waals surface area contributed by atoms with Crippen molar-refractivity contribution in [1.29, 1.82) is 0 Å². The first-order valence-electron chi connectivity index (χ1n) is 6.46. The number of amides is 2. The van der Waals surface area contributed by atoms with Gasteiger partial charge in [-0.1, -0.05) is 12.1 Å². The van der Waals surface area contributed by atoms with E-state index in [-0.39, 0.29) is 17.0 Å². The highest BCUT2D eigenvalue weighted by atomic mass is 16.2. The normalized spacial score (nSPS) is 10.0. The monoisotopic (exact) mass is 283 g/mol. The molecule has 5 nitrogen and oxygen atoms in total. The lowest BCUT2D eigenvalue weighted by atomic mass is 10.1. The number of benzene rings is 2. The molecule has 0 spiro atoms. The summed E-state index contributed by atoms with van der Waals surface area (Å²) >= 11 is 0. The van der Waals surface area contributed by atoms with Crippen LogP contribution in [0.1, 0.15) is 20.7 Å². The van der Waals surface area contributed by atoms with Crippen molar-refractivity contribution in [3.05, 3.63) is 59.7 Å². The van der Waals surface area contributed by atoms with Crippen LogP contribution in [0, 0.1) is 0 Å². The van der Waals surface area contributed by atoms with E-state index in [9.17, 15) is 9.59 Å². The van der Waals surface area contributed by atoms with Gasteiger partial charge in [0.15, 0.2) is 0 Å². The number of carbonyl (C=O) groups excluding carboxylic acids is 2. The van der Waals surface area contributed by atoms with Crippen LogP contribution < -0.4 is 16.0 Å². The third-order valence-electron chi connectivity index (χ3n) is 3.08. The average molecular weight is 283 g/mol. The minimum atomic E-state index is -0.622. The van der Waals surface area contributed by atoms with Crippen molar-refractivity contribution in [3.8, 4) is 0 Å². The molecule has 5 heteroatoms. The highest BCUT2D eigenvalue weighted by Gasteiger charge is 2.14. The molecule has 0 fully saturated rings. The summed E-state index contributed by atoms with van der Waals surface area (Å²) in [7, 11) is 3.88. The van der Waals surface area contributed by atoms with E-state index >= 15 is 0 Å². The van der Waals surface area contributed by atoms with E-state index in [4.69, 9.17) is 5.73 Å². The number of hydrogen-bond acceptors (Lipinski definition) is 3. The average Bonchev–Trinajstić information content (AvgIpc) is 2.47. The minimum absolute atomic E-state index is 0.208. The lowest BCUT2D eigenvalue weighted by Crippen LogP contribution is -2.20. The first kappa shape index (κ1) is 14.6. The van der Waals surface area contributed by atoms with Gasteiger partial charge >= 0.3 is 0 Å². The summed E-state index contributed by atoms with van der Waals surface area (Å²) in [5, 5.41) is 2.75. The van der Waals surface area contributed by atoms with Gasteiger partial charge in [-0.25, -0.2) is 0 Å². The largest absolute Gasteiger partial charge is 0.378 e. The van der Waals surface area contributed by atoms with E-state index in [1.807, 2.05) is 31.1 Å². The SMILES string of the molecule is CN(C)c1ccc(NC(=O)c2ccccc2C(N)=O)cc1. The molecule has 0 aromatic heterocycles. The molecule has 0 saturated heterocycles. The first-order valence-corrected chi connectivity index (χ1v) is 6.46. The molecular weight excluding hydrogens is 266 g/mol. The summed E-state index contributed by atoms with van der Waals surface area (Å²) in [6.45, 7) is 0. The Hall–Kier alpha value is -2.82. The molecule has 0 heterocycles. The summed E-state index contributed by atoms with van der Waals surface area (Å²) in [4.78, 5) is 25.5. The van der Waals surface area contributed by atoms with Crippen LogP contribution in [-0.2, 0) is 0 Å². The third kappa shape index (κ3) is 3.39. The van der Waals surface area contributed by atoms with E-state index in [1.165, 1.54) is 6.07 Å². The lowest BCUT2D eigenvalue weighted by molar-refractivity contribution is 0.0977. The third-order valence-corrected chi connectivity index (χ3v) is 3.08. The van der Waals surface area contributed by atoms with Crippen LogP contribution in [0.5, 0.6) is 0 Å². The number of anilines is 2. The number of nitrogens with one attached hydrogen (secondary N) is 1. The van der Waals surface area contributed by atoms with Crippen LogP contribution in [0.2, 0.25) is 0 Å². The van der Waals surface area contributed by atoms with Gasteiger partial charge in [0.2, 0.25) is 5.91 Å². The number of nitrogens with zero attached hydrogens (tertiary/aromatic N) is 1. The molecule has 2 rings (SSSR count). The van der Waals surface area contributed by atoms with E-state index < -0.39 is 5.91 Å². The Labute approximate surface area is 123 Å². The summed E-state index contributed by atoms with van der Waals surface area (Å²) in [6, 6.07) is 13.9. The zero-order chi connectivity index (χ0) is 15.4. The van der Waals surface area contributed by atoms with Crippen LogP contribution in [-0.4, -0.2) is 25.9 Å². The molecule has 0 unspecified atom stereocenters. The predicted octanol–water partition coefficient (Wildman–Crippen LogP) is 2.10. The summed E-state index contributed by atoms with van der Waals surface area (Å²) in [6.07, 6.45) is 0. The number of primary amides is 1. The fourth-order valence-corrected chi connectivity index (χ4v) is 1.94. The van der Waals surface area contributed by atoms with Gasteiger partial charge in [0.05, 0.1) is 11.1 Å². The standard InChI is InChI=1S/C16H17N3O2/c1-19(2)12-9-7-11(8-10-12)18-16(21)14-6-4-3-5-13(14)15(17)20/h3-10H,1-2H3,(H2,17,20)(H,18,21). The fourth-order valence-electron chi connectivity index (χ4n) is 1.94. The number of rotatable bonds is 4. The topological polar surface area (TPSA) is 75.4 Å². The molecule has 0 aliphatic rings. The molecule has 108 valence electrons. The molecule has 0 saturated carbocycles. The Morgan fingerprint density at radius 1 is 0.952 bits per heavy atom. The van der Waals surface area contributed by atoms with Crippen molar-refractivity contribution in [2.75, 3.05) is 24.3 Å². The summed E-state index contributed by atoms with van der Waals surface area (Å²) in [5.41, 5.74) is 7.44. The number of carbonyl (C=O) groups is 2. The Morgan fingerprint density at radius 2 is 1.52 bits per heavy atom. The van der Waals surface area contributed by atoms with Gasteiger partial charge in [0.25, 0.3) is 5.91 Å². The molecule has 0 radical (unpaired) electrons. The van der Waals surface area contributed by atoms with Gasteiger partial charge in [-0.3, -0.25) is 9.59 Å². The van der Waals surface area contributed by atoms with E-state index in [2.05, 4.69) is 5.32 Å². The van der Waals surface area contributed by atoms with Crippen molar-refractivity contribution in [2.24, 2.45) is 5.73 Å². The molecule has 2 aromatic carbocycles. The first-order chi connectivity index (χ1) is 9.99. The maximum atomic E-state index is 12.2. The van der Waals surface area contributed by atoms with Gasteiger partial charge < -0.3 is 16.0 Å². The van der Waals surface area contributed by atoms with Crippen LogP contribution >= 0.6 is 0 Å². The second-order valence-electron chi connectivity index (χ2n) is 4.81. The molecule has 21 heavy (non-hydrogen) atoms. The minimum Gasteiger partial charge on any atom is -0.378 e. The maximum absolute atomic E-state index is 12.2. The van der Waals surface area contributed by atoms with Gasteiger partial charge in [-0.15, -0.1) is 0 Å². The molecule has 0 bridgehead atoms. The molecule has 0 atom stereocenters. The number of nitrogens with two attached hydrogens (primary N) is 1. The summed E-state index contributed by atoms with van der Waals surface area (Å²) < 4.78 is 0. The van der Waals surface area contributed by atoms with Gasteiger partial charge in [0, 0.05) is 25.5 Å². The molecule has 3 N–H and O–H groups in total. The van der Waals surface area contributed by atoms with Crippen LogP contribution in [0.25, 0.3) is 0 Å². The van der Waals surface area contributed by atoms with Crippen LogP contribution in [0.15, 0.2) is 48.5 Å². The zero-order valence-electron chi connectivity index (χ0n) is 12.0. The van der Waals surface area contributed by atoms with Crippen LogP contribution in [0.3, 0.4) is 0 Å². The highest BCUT2D eigenvalue weighted by Crippen LogP contribution is 2.17. The molecular formula is C16H17N3O2. The number of hydrogen-bond donors (Lipinski definition) is 2. The quantitative estimate of drug-likeness (QED) is 0.902. The molecule has 0 aliphatic carbocycles. The van der Waals surface area contributed by atoms with Crippen molar-refractivity contribution < 1.29 is 9.59 Å². The summed E-state index contributed by atoms with van der Waals surface area (Å²) in [5.74, 6) is -0.981. The van der Waals surface area contributed by atoms with E-state index in [0.717, 1.165) is 5.69 Å². The molecule has 0 aliphatic heterocycles. The zero-order valence-corrected chi connectivity index (χ0v) is 12.0. The Balaban J connectivity index is 2.20. The predicted molar refractivity (Wildman–Crippen MR) is 83.7 cm³/mol. The van der Waals surface area contributed by atoms with Crippen molar-refractivity contribution in [2.45, 2.75) is 0 Å². The van der Waals surface area contributed by atoms with Gasteiger partial charge in [0.1, 0.15) is 0 Å². The Bertz CT molecular complexity index is 663. The second-order valence-corrected chi connectivity index (χ2v) is 4.81. The second kappa shape index (κ2) is 6.09. The van der Waals surface area contributed by atoms with Gasteiger partial charge in [-0.05, 0) is 36.4 Å². The van der Waals surface area contributed by atoms with Crippen LogP contribution in [0.4, 0.5) is 11.4 Å². The van der Waals surface area contributed by atoms with Gasteiger partial charge in [-0.2, -0.15) is 0 Å². The molecule has 2 aromatic rings. The highest BCUT2D eigenvalue weighted by molar-refractivity contribution is 6.11. The van der Waals surface area contributed by atoms with Crippen molar-refractivity contribution >= 4 is 23.2 Å². The lowest BCUT2D eigenvalue weighted by Gasteiger charge is -2.13. The Morgan fingerprint density at radius 3 is 2.05 bits per heavy atom.